The molecule has 1 amide bonds. The van der Waals surface area contributed by atoms with Gasteiger partial charge >= 0.3 is 0 Å². The Kier molecular flexibility index (Phi) is 4.89. The van der Waals surface area contributed by atoms with E-state index < -0.39 is 10.0 Å². The molecule has 0 spiro atoms. The number of nitrogens with zero attached hydrogens (tertiary/aromatic N) is 1. The van der Waals surface area contributed by atoms with Crippen molar-refractivity contribution in [3.05, 3.63) is 72.2 Å². The van der Waals surface area contributed by atoms with Crippen LogP contribution in [0.1, 0.15) is 16.1 Å². The molecule has 29 heavy (non-hydrogen) atoms. The highest BCUT2D eigenvalue weighted by Gasteiger charge is 2.20. The van der Waals surface area contributed by atoms with Crippen LogP contribution in [-0.4, -0.2) is 33.1 Å². The largest absolute Gasteiger partial charge is 0.467 e. The molecular formula is C20H18N2O6S. The summed E-state index contributed by atoms with van der Waals surface area (Å²) in [5.41, 5.74) is 0.591. The van der Waals surface area contributed by atoms with Gasteiger partial charge in [0.05, 0.1) is 23.4 Å². The molecule has 2 heterocycles. The van der Waals surface area contributed by atoms with E-state index in [1.807, 2.05) is 0 Å². The zero-order valence-electron chi connectivity index (χ0n) is 15.5. The van der Waals surface area contributed by atoms with Crippen molar-refractivity contribution in [2.75, 3.05) is 18.6 Å². The van der Waals surface area contributed by atoms with Crippen molar-refractivity contribution >= 4 is 21.6 Å². The summed E-state index contributed by atoms with van der Waals surface area (Å²) in [6, 6.07) is 14.1. The van der Waals surface area contributed by atoms with Crippen LogP contribution in [0, 0.1) is 0 Å². The number of carbonyl (C=O) groups excluding carboxylic acids is 1. The second-order valence-electron chi connectivity index (χ2n) is 6.44. The first-order valence-electron chi connectivity index (χ1n) is 8.73. The Morgan fingerprint density at radius 1 is 1.07 bits per heavy atom. The number of hydrogen-bond donors (Lipinski definition) is 1. The molecule has 4 rings (SSSR count). The molecule has 0 radical (unpaired) electrons. The Labute approximate surface area is 167 Å². The molecule has 0 fully saturated rings. The minimum absolute atomic E-state index is 0.0209. The van der Waals surface area contributed by atoms with Crippen LogP contribution < -0.4 is 14.2 Å². The van der Waals surface area contributed by atoms with Crippen molar-refractivity contribution in [3.63, 3.8) is 0 Å². The molecule has 1 aliphatic rings. The zero-order valence-corrected chi connectivity index (χ0v) is 16.3. The number of benzene rings is 2. The van der Waals surface area contributed by atoms with E-state index in [9.17, 15) is 13.2 Å². The van der Waals surface area contributed by atoms with Crippen LogP contribution in [0.4, 0.5) is 5.69 Å². The van der Waals surface area contributed by atoms with Crippen LogP contribution in [0.3, 0.4) is 0 Å². The van der Waals surface area contributed by atoms with Gasteiger partial charge < -0.3 is 18.8 Å². The van der Waals surface area contributed by atoms with Gasteiger partial charge in [0.25, 0.3) is 15.9 Å². The average molecular weight is 414 g/mol. The standard InChI is InChI=1S/C20H18N2O6S/c1-22(12-16-5-3-9-26-16)20(23)14-4-2-6-17(10-14)29(24,25)21-15-7-8-18-19(11-15)28-13-27-18/h2-11,21H,12-13H2,1H3. The summed E-state index contributed by atoms with van der Waals surface area (Å²) in [7, 11) is -2.28. The molecule has 1 aromatic heterocycles. The summed E-state index contributed by atoms with van der Waals surface area (Å²) in [6.45, 7) is 0.374. The number of amides is 1. The number of nitrogens with one attached hydrogen (secondary N) is 1. The third kappa shape index (κ3) is 4.04. The molecule has 0 bridgehead atoms. The van der Waals surface area contributed by atoms with Gasteiger partial charge in [-0.05, 0) is 42.5 Å². The first kappa shape index (κ1) is 18.9. The third-order valence-corrected chi connectivity index (χ3v) is 5.71. The summed E-state index contributed by atoms with van der Waals surface area (Å²) in [5, 5.41) is 0. The Morgan fingerprint density at radius 3 is 2.69 bits per heavy atom. The lowest BCUT2D eigenvalue weighted by molar-refractivity contribution is 0.0775. The minimum atomic E-state index is -3.90. The van der Waals surface area contributed by atoms with Crippen LogP contribution in [0.25, 0.3) is 0 Å². The van der Waals surface area contributed by atoms with Crippen molar-refractivity contribution in [2.45, 2.75) is 11.4 Å². The Hall–Kier alpha value is -3.46. The second kappa shape index (κ2) is 7.51. The maximum atomic E-state index is 12.8. The number of sulfonamides is 1. The van der Waals surface area contributed by atoms with E-state index in [2.05, 4.69) is 4.72 Å². The molecule has 9 heteroatoms. The molecular weight excluding hydrogens is 396 g/mol. The van der Waals surface area contributed by atoms with E-state index in [0.717, 1.165) is 0 Å². The molecule has 1 aliphatic heterocycles. The van der Waals surface area contributed by atoms with Gasteiger partial charge in [0.15, 0.2) is 11.5 Å². The van der Waals surface area contributed by atoms with Crippen molar-refractivity contribution in [1.82, 2.24) is 4.90 Å². The highest BCUT2D eigenvalue weighted by atomic mass is 32.2. The van der Waals surface area contributed by atoms with Gasteiger partial charge in [-0.2, -0.15) is 0 Å². The fourth-order valence-corrected chi connectivity index (χ4v) is 3.99. The van der Waals surface area contributed by atoms with Gasteiger partial charge in [0, 0.05) is 18.7 Å². The molecule has 150 valence electrons. The van der Waals surface area contributed by atoms with E-state index in [-0.39, 0.29) is 29.7 Å². The normalized spacial score (nSPS) is 12.6. The fourth-order valence-electron chi connectivity index (χ4n) is 2.90. The molecule has 0 saturated heterocycles. The summed E-state index contributed by atoms with van der Waals surface area (Å²) >= 11 is 0. The third-order valence-electron chi connectivity index (χ3n) is 4.34. The second-order valence-corrected chi connectivity index (χ2v) is 8.12. The van der Waals surface area contributed by atoms with Gasteiger partial charge in [-0.3, -0.25) is 9.52 Å². The highest BCUT2D eigenvalue weighted by molar-refractivity contribution is 7.92. The number of rotatable bonds is 6. The van der Waals surface area contributed by atoms with Crippen LogP contribution >= 0.6 is 0 Å². The quantitative estimate of drug-likeness (QED) is 0.666. The predicted octanol–water partition coefficient (Wildman–Crippen LogP) is 3.08. The van der Waals surface area contributed by atoms with E-state index in [1.54, 1.807) is 43.4 Å². The first-order valence-corrected chi connectivity index (χ1v) is 10.2. The number of fused-ring (bicyclic) bond motifs is 1. The topological polar surface area (TPSA) is 98.1 Å². The van der Waals surface area contributed by atoms with Crippen LogP contribution in [0.15, 0.2) is 70.2 Å². The monoisotopic (exact) mass is 414 g/mol. The van der Waals surface area contributed by atoms with Crippen LogP contribution in [-0.2, 0) is 16.6 Å². The predicted molar refractivity (Wildman–Crippen MR) is 104 cm³/mol. The average Bonchev–Trinajstić information content (AvgIpc) is 3.38. The van der Waals surface area contributed by atoms with Crippen LogP contribution in [0.5, 0.6) is 11.5 Å². The van der Waals surface area contributed by atoms with Crippen molar-refractivity contribution in [3.8, 4) is 11.5 Å². The number of furan rings is 1. The maximum Gasteiger partial charge on any atom is 0.261 e. The zero-order chi connectivity index (χ0) is 20.4. The molecule has 0 saturated carbocycles. The molecule has 1 N–H and O–H groups in total. The van der Waals surface area contributed by atoms with E-state index >= 15 is 0 Å². The Balaban J connectivity index is 1.53. The van der Waals surface area contributed by atoms with Gasteiger partial charge in [0.1, 0.15) is 5.76 Å². The number of ether oxygens (including phenoxy) is 2. The van der Waals surface area contributed by atoms with Gasteiger partial charge in [0.2, 0.25) is 6.79 Å². The van der Waals surface area contributed by atoms with Gasteiger partial charge in [-0.1, -0.05) is 6.07 Å². The maximum absolute atomic E-state index is 12.8. The smallest absolute Gasteiger partial charge is 0.261 e. The summed E-state index contributed by atoms with van der Waals surface area (Å²) in [4.78, 5) is 14.1. The lowest BCUT2D eigenvalue weighted by atomic mass is 10.2. The lowest BCUT2D eigenvalue weighted by Crippen LogP contribution is -2.26. The van der Waals surface area contributed by atoms with E-state index in [1.165, 1.54) is 29.4 Å². The summed E-state index contributed by atoms with van der Waals surface area (Å²) in [5.74, 6) is 1.34. The van der Waals surface area contributed by atoms with Gasteiger partial charge in [-0.25, -0.2) is 8.42 Å². The Morgan fingerprint density at radius 2 is 1.90 bits per heavy atom. The molecule has 0 unspecified atom stereocenters. The van der Waals surface area contributed by atoms with Crippen molar-refractivity contribution in [2.24, 2.45) is 0 Å². The minimum Gasteiger partial charge on any atom is -0.467 e. The van der Waals surface area contributed by atoms with Crippen molar-refractivity contribution < 1.29 is 27.1 Å². The van der Waals surface area contributed by atoms with Gasteiger partial charge in [-0.15, -0.1) is 0 Å². The summed E-state index contributed by atoms with van der Waals surface area (Å²) in [6.07, 6.45) is 1.53. The molecule has 3 aromatic rings. The van der Waals surface area contributed by atoms with Crippen molar-refractivity contribution in [1.29, 1.82) is 0 Å². The lowest BCUT2D eigenvalue weighted by Gasteiger charge is -2.16. The highest BCUT2D eigenvalue weighted by Crippen LogP contribution is 2.34. The molecule has 2 aromatic carbocycles. The Bertz CT molecular complexity index is 1140. The van der Waals surface area contributed by atoms with E-state index in [0.29, 0.717) is 22.9 Å². The summed E-state index contributed by atoms with van der Waals surface area (Å²) < 4.78 is 43.8. The number of anilines is 1. The molecule has 0 aliphatic carbocycles. The SMILES string of the molecule is CN(Cc1ccco1)C(=O)c1cccc(S(=O)(=O)Nc2ccc3c(c2)OCO3)c1. The molecule has 0 atom stereocenters. The number of hydrogen-bond acceptors (Lipinski definition) is 6. The first-order chi connectivity index (χ1) is 13.9. The number of carbonyl (C=O) groups is 1. The molecule has 8 nitrogen and oxygen atoms in total. The fraction of sp³-hybridized carbons (Fsp3) is 0.150. The van der Waals surface area contributed by atoms with Crippen LogP contribution in [0.2, 0.25) is 0 Å². The van der Waals surface area contributed by atoms with E-state index in [4.69, 9.17) is 13.9 Å².